The van der Waals surface area contributed by atoms with E-state index in [9.17, 15) is 10.0 Å². The molecule has 9 atom stereocenters. The Bertz CT molecular complexity index is 554. The van der Waals surface area contributed by atoms with E-state index in [0.29, 0.717) is 23.4 Å². The Kier molecular flexibility index (Phi) is 5.44. The molecule has 0 aromatic carbocycles. The van der Waals surface area contributed by atoms with E-state index >= 15 is 0 Å². The summed E-state index contributed by atoms with van der Waals surface area (Å²) in [6.45, 7) is 8.59. The smallest absolute Gasteiger partial charge is 0.0935 e. The van der Waals surface area contributed by atoms with Crippen LogP contribution in [0.2, 0.25) is 0 Å². The van der Waals surface area contributed by atoms with Crippen LogP contribution in [0.3, 0.4) is 0 Å². The number of hydrogen-bond acceptors (Lipinski definition) is 4. The van der Waals surface area contributed by atoms with Crippen molar-refractivity contribution in [3.63, 3.8) is 0 Å². The monoisotopic (exact) mass is 376 g/mol. The second-order valence-corrected chi connectivity index (χ2v) is 10.9. The molecule has 0 spiro atoms. The van der Waals surface area contributed by atoms with Gasteiger partial charge in [-0.05, 0) is 105 Å². The molecule has 0 radical (unpaired) electrons. The predicted octanol–water partition coefficient (Wildman–Crippen LogP) is 4.75. The lowest BCUT2D eigenvalue weighted by Crippen LogP contribution is -2.55. The first kappa shape index (κ1) is 19.8. The summed E-state index contributed by atoms with van der Waals surface area (Å²) in [7, 11) is 0. The fraction of sp³-hybridized carbons (Fsp3) is 1.00. The number of nitrogens with one attached hydrogen (secondary N) is 1. The lowest BCUT2D eigenvalue weighted by molar-refractivity contribution is -0.127. The van der Waals surface area contributed by atoms with Gasteiger partial charge in [0, 0.05) is 12.6 Å². The summed E-state index contributed by atoms with van der Waals surface area (Å²) < 4.78 is 0. The van der Waals surface area contributed by atoms with Crippen LogP contribution in [0.15, 0.2) is 5.18 Å². The van der Waals surface area contributed by atoms with Gasteiger partial charge in [0.15, 0.2) is 0 Å². The molecule has 0 bridgehead atoms. The topological polar surface area (TPSA) is 61.7 Å². The average molecular weight is 377 g/mol. The van der Waals surface area contributed by atoms with Crippen molar-refractivity contribution in [3.8, 4) is 0 Å². The van der Waals surface area contributed by atoms with Crippen molar-refractivity contribution < 1.29 is 5.11 Å². The van der Waals surface area contributed by atoms with Crippen molar-refractivity contribution in [1.29, 1.82) is 0 Å². The van der Waals surface area contributed by atoms with Crippen LogP contribution in [-0.2, 0) is 0 Å². The van der Waals surface area contributed by atoms with Crippen molar-refractivity contribution in [2.45, 2.75) is 90.7 Å². The van der Waals surface area contributed by atoms with Crippen molar-refractivity contribution >= 4 is 0 Å². The van der Waals surface area contributed by atoms with Crippen LogP contribution < -0.4 is 5.32 Å². The number of aliphatic hydroxyl groups is 1. The van der Waals surface area contributed by atoms with Crippen molar-refractivity contribution in [2.24, 2.45) is 45.6 Å². The maximum Gasteiger partial charge on any atom is 0.0935 e. The maximum atomic E-state index is 10.4. The van der Waals surface area contributed by atoms with Crippen molar-refractivity contribution in [3.05, 3.63) is 4.91 Å². The largest absolute Gasteiger partial charge is 0.393 e. The molecule has 4 nitrogen and oxygen atoms in total. The Morgan fingerprint density at radius 1 is 1.04 bits per heavy atom. The third kappa shape index (κ3) is 3.19. The van der Waals surface area contributed by atoms with Crippen LogP contribution in [-0.4, -0.2) is 30.3 Å². The zero-order valence-electron chi connectivity index (χ0n) is 17.6. The van der Waals surface area contributed by atoms with Crippen molar-refractivity contribution in [1.82, 2.24) is 5.32 Å². The molecule has 0 amide bonds. The van der Waals surface area contributed by atoms with E-state index in [1.165, 1.54) is 44.9 Å². The molecule has 0 aliphatic heterocycles. The van der Waals surface area contributed by atoms with Gasteiger partial charge in [0.25, 0.3) is 0 Å². The van der Waals surface area contributed by atoms with Gasteiger partial charge in [-0.3, -0.25) is 0 Å². The summed E-state index contributed by atoms with van der Waals surface area (Å²) in [5, 5.41) is 16.8. The van der Waals surface area contributed by atoms with E-state index in [1.54, 1.807) is 0 Å². The first-order valence-corrected chi connectivity index (χ1v) is 11.6. The molecule has 5 unspecified atom stereocenters. The zero-order valence-corrected chi connectivity index (χ0v) is 17.6. The molecule has 0 aromatic rings. The molecule has 4 fully saturated rings. The molecular weight excluding hydrogens is 336 g/mol. The molecule has 2 N–H and O–H groups in total. The lowest BCUT2D eigenvalue weighted by atomic mass is 9.44. The summed E-state index contributed by atoms with van der Waals surface area (Å²) in [5.41, 5.74) is 0.931. The van der Waals surface area contributed by atoms with Crippen LogP contribution in [0.1, 0.15) is 78.6 Å². The summed E-state index contributed by atoms with van der Waals surface area (Å²) in [6, 6.07) is 0.482. The average Bonchev–Trinajstić information content (AvgIpc) is 3.00. The molecule has 4 heteroatoms. The summed E-state index contributed by atoms with van der Waals surface area (Å²) in [6.07, 6.45) is 11.5. The molecule has 27 heavy (non-hydrogen) atoms. The Balaban J connectivity index is 1.49. The van der Waals surface area contributed by atoms with Gasteiger partial charge in [-0.2, -0.15) is 4.91 Å². The summed E-state index contributed by atoms with van der Waals surface area (Å²) >= 11 is 0. The SMILES string of the molecule is CC(NCCN=O)[C@H]1CCC2C3CCC4C[C@@H](O)CC[C@]4(C)C3CC[C@@]21C. The molecule has 0 aromatic heterocycles. The van der Waals surface area contributed by atoms with E-state index in [4.69, 9.17) is 0 Å². The van der Waals surface area contributed by atoms with Gasteiger partial charge in [-0.15, -0.1) is 0 Å². The Morgan fingerprint density at radius 3 is 2.56 bits per heavy atom. The van der Waals surface area contributed by atoms with Gasteiger partial charge in [-0.25, -0.2) is 0 Å². The van der Waals surface area contributed by atoms with Gasteiger partial charge < -0.3 is 10.4 Å². The third-order valence-corrected chi connectivity index (χ3v) is 9.98. The number of hydrogen-bond donors (Lipinski definition) is 2. The molecule has 4 rings (SSSR count). The van der Waals surface area contributed by atoms with E-state index in [-0.39, 0.29) is 6.10 Å². The van der Waals surface area contributed by atoms with E-state index in [0.717, 1.165) is 49.0 Å². The molecule has 4 saturated carbocycles. The molecule has 4 aliphatic rings. The number of rotatable bonds is 5. The van der Waals surface area contributed by atoms with E-state index in [1.807, 2.05) is 0 Å². The first-order chi connectivity index (χ1) is 12.9. The van der Waals surface area contributed by atoms with Crippen LogP contribution in [0.4, 0.5) is 0 Å². The number of aliphatic hydroxyl groups excluding tert-OH is 1. The number of nitrogens with zero attached hydrogens (tertiary/aromatic N) is 1. The quantitative estimate of drug-likeness (QED) is 0.537. The second kappa shape index (κ2) is 7.40. The van der Waals surface area contributed by atoms with Gasteiger partial charge in [-0.1, -0.05) is 19.0 Å². The minimum Gasteiger partial charge on any atom is -0.393 e. The minimum atomic E-state index is -0.0443. The van der Waals surface area contributed by atoms with Crippen LogP contribution in [0, 0.1) is 45.3 Å². The second-order valence-electron chi connectivity index (χ2n) is 10.9. The van der Waals surface area contributed by atoms with Crippen LogP contribution in [0.5, 0.6) is 0 Å². The van der Waals surface area contributed by atoms with Gasteiger partial charge in [0.1, 0.15) is 0 Å². The fourth-order valence-corrected chi connectivity index (χ4v) is 8.58. The molecule has 0 saturated heterocycles. The Morgan fingerprint density at radius 2 is 1.78 bits per heavy atom. The lowest BCUT2D eigenvalue weighted by Gasteiger charge is -2.61. The van der Waals surface area contributed by atoms with Crippen molar-refractivity contribution in [2.75, 3.05) is 13.1 Å². The highest BCUT2D eigenvalue weighted by Gasteiger charge is 2.60. The Hall–Kier alpha value is -0.480. The van der Waals surface area contributed by atoms with Crippen LogP contribution >= 0.6 is 0 Å². The molecular formula is C23H40N2O2. The molecule has 154 valence electrons. The minimum absolute atomic E-state index is 0.0443. The first-order valence-electron chi connectivity index (χ1n) is 11.6. The summed E-state index contributed by atoms with van der Waals surface area (Å²) in [5.74, 6) is 4.13. The normalized spacial score (nSPS) is 50.4. The van der Waals surface area contributed by atoms with Crippen LogP contribution in [0.25, 0.3) is 0 Å². The standard InChI is InChI=1S/C23H40N2O2/c1-15(24-12-13-25-27)19-6-7-20-18-5-4-16-14-17(26)8-10-22(16,2)21(18)9-11-23(19,20)3/h15-21,24,26H,4-14H2,1-3H3/t15?,16?,17-,18?,19+,20?,21?,22-,23+/m0/s1. The van der Waals surface area contributed by atoms with Gasteiger partial charge in [0.05, 0.1) is 12.6 Å². The molecule has 0 heterocycles. The third-order valence-electron chi connectivity index (χ3n) is 9.98. The highest BCUT2D eigenvalue weighted by atomic mass is 16.3. The van der Waals surface area contributed by atoms with Gasteiger partial charge in [0.2, 0.25) is 0 Å². The number of fused-ring (bicyclic) bond motifs is 5. The summed E-state index contributed by atoms with van der Waals surface area (Å²) in [4.78, 5) is 10.4. The zero-order chi connectivity index (χ0) is 19.2. The number of nitroso groups, excluding NO2 is 1. The fourth-order valence-electron chi connectivity index (χ4n) is 8.58. The molecule has 4 aliphatic carbocycles. The highest BCUT2D eigenvalue weighted by molar-refractivity contribution is 5.10. The highest BCUT2D eigenvalue weighted by Crippen LogP contribution is 2.67. The van der Waals surface area contributed by atoms with E-state index < -0.39 is 0 Å². The predicted molar refractivity (Wildman–Crippen MR) is 109 cm³/mol. The van der Waals surface area contributed by atoms with E-state index in [2.05, 4.69) is 31.3 Å². The Labute approximate surface area is 165 Å². The maximum absolute atomic E-state index is 10.4. The van der Waals surface area contributed by atoms with Gasteiger partial charge >= 0.3 is 0 Å².